The summed E-state index contributed by atoms with van der Waals surface area (Å²) in [7, 11) is -3.79. The normalized spacial score (nSPS) is 20.5. The lowest BCUT2D eigenvalue weighted by Crippen LogP contribution is -2.48. The van der Waals surface area contributed by atoms with Crippen LogP contribution in [0.4, 0.5) is 0 Å². The molecule has 0 aliphatic carbocycles. The topological polar surface area (TPSA) is 122 Å². The minimum Gasteiger partial charge on any atom is -0.481 e. The van der Waals surface area contributed by atoms with E-state index in [1.54, 1.807) is 39.9 Å². The summed E-state index contributed by atoms with van der Waals surface area (Å²) in [5.74, 6) is -1.05. The van der Waals surface area contributed by atoms with E-state index in [-0.39, 0.29) is 42.5 Å². The third-order valence-corrected chi connectivity index (χ3v) is 10.5. The van der Waals surface area contributed by atoms with Gasteiger partial charge in [0, 0.05) is 43.4 Å². The van der Waals surface area contributed by atoms with Gasteiger partial charge in [-0.15, -0.1) is 0 Å². The minimum atomic E-state index is -3.79. The molecule has 10 nitrogen and oxygen atoms in total. The summed E-state index contributed by atoms with van der Waals surface area (Å²) in [5.41, 5.74) is 2.56. The fourth-order valence-corrected chi connectivity index (χ4v) is 8.20. The number of nitrogens with zero attached hydrogens (tertiary/aromatic N) is 4. The van der Waals surface area contributed by atoms with Gasteiger partial charge in [0.05, 0.1) is 27.7 Å². The Hall–Kier alpha value is -3.36. The predicted molar refractivity (Wildman–Crippen MR) is 174 cm³/mol. The number of ether oxygens (including phenoxy) is 1. The van der Waals surface area contributed by atoms with Gasteiger partial charge in [0.1, 0.15) is 10.0 Å². The van der Waals surface area contributed by atoms with E-state index in [9.17, 15) is 18.0 Å². The van der Waals surface area contributed by atoms with Gasteiger partial charge in [0.25, 0.3) is 5.91 Å². The van der Waals surface area contributed by atoms with Gasteiger partial charge in [0.15, 0.2) is 0 Å². The van der Waals surface area contributed by atoms with E-state index < -0.39 is 16.0 Å². The zero-order valence-electron chi connectivity index (χ0n) is 24.5. The second kappa shape index (κ2) is 13.7. The maximum atomic E-state index is 13.7. The van der Waals surface area contributed by atoms with Crippen molar-refractivity contribution in [1.82, 2.24) is 19.0 Å². The quantitative estimate of drug-likeness (QED) is 0.169. The van der Waals surface area contributed by atoms with Crippen molar-refractivity contribution < 1.29 is 27.9 Å². The molecule has 0 radical (unpaired) electrons. The lowest BCUT2D eigenvalue weighted by molar-refractivity contribution is -0.137. The van der Waals surface area contributed by atoms with Gasteiger partial charge in [-0.2, -0.15) is 9.40 Å². The van der Waals surface area contributed by atoms with Crippen LogP contribution >= 0.6 is 24.0 Å². The number of aliphatic carboxylic acids is 1. The van der Waals surface area contributed by atoms with E-state index in [1.807, 2.05) is 50.4 Å². The fourth-order valence-electron chi connectivity index (χ4n) is 5.27. The second-order valence-electron chi connectivity index (χ2n) is 10.9. The van der Waals surface area contributed by atoms with E-state index >= 15 is 0 Å². The Labute approximate surface area is 266 Å². The zero-order chi connectivity index (χ0) is 31.4. The maximum absolute atomic E-state index is 13.7. The largest absolute Gasteiger partial charge is 0.481 e. The van der Waals surface area contributed by atoms with Crippen LogP contribution in [0.1, 0.15) is 45.1 Å². The van der Waals surface area contributed by atoms with Crippen LogP contribution in [0, 0.1) is 0 Å². The van der Waals surface area contributed by atoms with Crippen LogP contribution < -0.4 is 0 Å². The number of rotatable bonds is 11. The summed E-state index contributed by atoms with van der Waals surface area (Å²) in [6.07, 6.45) is 5.10. The molecule has 2 saturated heterocycles. The first-order valence-electron chi connectivity index (χ1n) is 14.4. The van der Waals surface area contributed by atoms with Crippen molar-refractivity contribution in [2.75, 3.05) is 19.6 Å². The molecule has 13 heteroatoms. The smallest absolute Gasteiger partial charge is 0.303 e. The number of benzene rings is 2. The Morgan fingerprint density at radius 3 is 2.52 bits per heavy atom. The highest BCUT2D eigenvalue weighted by Gasteiger charge is 2.34. The van der Waals surface area contributed by atoms with E-state index in [0.29, 0.717) is 51.9 Å². The van der Waals surface area contributed by atoms with Gasteiger partial charge < -0.3 is 9.84 Å². The van der Waals surface area contributed by atoms with Gasteiger partial charge in [-0.05, 0) is 57.0 Å². The number of carboxylic acids is 1. The van der Waals surface area contributed by atoms with Gasteiger partial charge in [-0.3, -0.25) is 14.5 Å². The summed E-state index contributed by atoms with van der Waals surface area (Å²) in [6.45, 7) is 4.67. The Balaban J connectivity index is 1.46. The first-order valence-corrected chi connectivity index (χ1v) is 17.1. The van der Waals surface area contributed by atoms with E-state index in [0.717, 1.165) is 5.69 Å². The van der Waals surface area contributed by atoms with Crippen LogP contribution in [0.2, 0.25) is 0 Å². The van der Waals surface area contributed by atoms with Crippen LogP contribution in [0.25, 0.3) is 23.0 Å². The lowest BCUT2D eigenvalue weighted by Gasteiger charge is -2.34. The molecule has 1 amide bonds. The molecule has 2 aliphatic rings. The van der Waals surface area contributed by atoms with Crippen LogP contribution in [-0.2, 0) is 24.3 Å². The van der Waals surface area contributed by atoms with Crippen molar-refractivity contribution in [1.29, 1.82) is 0 Å². The van der Waals surface area contributed by atoms with E-state index in [2.05, 4.69) is 0 Å². The van der Waals surface area contributed by atoms with Gasteiger partial charge in [-0.1, -0.05) is 60.7 Å². The van der Waals surface area contributed by atoms with Crippen LogP contribution in [0.5, 0.6) is 0 Å². The number of carbonyl (C=O) groups is 2. The number of hydrogen-bond acceptors (Lipinski definition) is 8. The molecule has 3 aromatic rings. The molecule has 2 aromatic carbocycles. The number of morpholine rings is 1. The molecule has 44 heavy (non-hydrogen) atoms. The van der Waals surface area contributed by atoms with Crippen molar-refractivity contribution in [3.05, 3.63) is 71.3 Å². The van der Waals surface area contributed by atoms with Crippen molar-refractivity contribution in [2.24, 2.45) is 0 Å². The summed E-state index contributed by atoms with van der Waals surface area (Å²) in [5, 5.41) is 13.7. The number of aromatic nitrogens is 2. The van der Waals surface area contributed by atoms with E-state index in [1.165, 1.54) is 16.1 Å². The van der Waals surface area contributed by atoms with Crippen LogP contribution in [0.15, 0.2) is 70.6 Å². The first-order chi connectivity index (χ1) is 21.0. The zero-order valence-corrected chi connectivity index (χ0v) is 26.9. The number of hydrogen-bond donors (Lipinski definition) is 1. The average molecular weight is 655 g/mol. The number of sulfonamides is 1. The number of para-hydroxylation sites is 1. The molecule has 5 rings (SSSR count). The van der Waals surface area contributed by atoms with Crippen molar-refractivity contribution in [3.63, 3.8) is 0 Å². The number of unbranched alkanes of at least 4 members (excludes halogenated alkanes) is 2. The Morgan fingerprint density at radius 2 is 1.82 bits per heavy atom. The molecule has 0 spiro atoms. The Morgan fingerprint density at radius 1 is 1.09 bits per heavy atom. The van der Waals surface area contributed by atoms with Crippen LogP contribution in [0.3, 0.4) is 0 Å². The third-order valence-electron chi connectivity index (χ3n) is 7.33. The lowest BCUT2D eigenvalue weighted by atomic mass is 10.1. The van der Waals surface area contributed by atoms with Crippen molar-refractivity contribution in [3.8, 4) is 16.9 Å². The average Bonchev–Trinajstić information content (AvgIpc) is 3.53. The summed E-state index contributed by atoms with van der Waals surface area (Å²) < 4.78 is 36.7. The SMILES string of the molecule is CC1CN(S(=O)(=O)c2cccc(-c3nn(-c4ccccc4)cc3C=C3SC(=S)N(CCCCCC(=O)O)C3=O)c2)CC(C)O1. The minimum absolute atomic E-state index is 0.0969. The van der Waals surface area contributed by atoms with Crippen LogP contribution in [-0.4, -0.2) is 80.5 Å². The number of thiocarbonyl (C=S) groups is 1. The molecular weight excluding hydrogens is 621 g/mol. The number of amides is 1. The first kappa shape index (κ1) is 32.0. The highest BCUT2D eigenvalue weighted by atomic mass is 32.2. The molecule has 1 N–H and O–H groups in total. The van der Waals surface area contributed by atoms with Gasteiger partial charge in [0.2, 0.25) is 10.0 Å². The summed E-state index contributed by atoms with van der Waals surface area (Å²) in [6, 6.07) is 16.2. The molecule has 2 aliphatic heterocycles. The van der Waals surface area contributed by atoms with E-state index in [4.69, 9.17) is 27.2 Å². The molecule has 2 unspecified atom stereocenters. The predicted octanol–water partition coefficient (Wildman–Crippen LogP) is 5.18. The number of thioether (sulfide) groups is 1. The maximum Gasteiger partial charge on any atom is 0.303 e. The standard InChI is InChI=1S/C31H34N4O6S3/c1-21-18-33(19-22(2)41-21)44(39,40)26-13-9-10-23(16-26)29-24(20-35(32-29)25-11-5-3-6-12-25)17-27-30(38)34(31(42)43-27)15-8-4-7-14-28(36)37/h3,5-6,9-13,16-17,20-22H,4,7-8,14-15,18-19H2,1-2H3,(H,36,37). The molecule has 1 aromatic heterocycles. The highest BCUT2D eigenvalue weighted by Crippen LogP contribution is 2.36. The second-order valence-corrected chi connectivity index (χ2v) is 14.5. The molecule has 2 fully saturated rings. The third kappa shape index (κ3) is 7.29. The number of carboxylic acid groups (broad SMARTS) is 1. The molecular formula is C31H34N4O6S3. The highest BCUT2D eigenvalue weighted by molar-refractivity contribution is 8.26. The van der Waals surface area contributed by atoms with Crippen molar-refractivity contribution >= 4 is 56.3 Å². The summed E-state index contributed by atoms with van der Waals surface area (Å²) >= 11 is 6.71. The Kier molecular flexibility index (Phi) is 10.0. The van der Waals surface area contributed by atoms with Gasteiger partial charge in [-0.25, -0.2) is 13.1 Å². The van der Waals surface area contributed by atoms with Crippen molar-refractivity contribution in [2.45, 2.75) is 56.6 Å². The Bertz CT molecular complexity index is 1680. The molecule has 0 bridgehead atoms. The number of carbonyl (C=O) groups excluding carboxylic acids is 1. The fraction of sp³-hybridized carbons (Fsp3) is 0.355. The molecule has 0 saturated carbocycles. The summed E-state index contributed by atoms with van der Waals surface area (Å²) in [4.78, 5) is 26.3. The molecule has 3 heterocycles. The van der Waals surface area contributed by atoms with Gasteiger partial charge >= 0.3 is 5.97 Å². The monoisotopic (exact) mass is 654 g/mol. The molecule has 2 atom stereocenters. The molecule has 232 valence electrons.